The fraction of sp³-hybridized carbons (Fsp3) is 0.200. The third-order valence-corrected chi connectivity index (χ3v) is 5.29. The van der Waals surface area contributed by atoms with Gasteiger partial charge in [0.1, 0.15) is 10.6 Å². The number of nitrogens with one attached hydrogen (secondary N) is 1. The quantitative estimate of drug-likeness (QED) is 0.578. The summed E-state index contributed by atoms with van der Waals surface area (Å²) < 4.78 is 6.74. The lowest BCUT2D eigenvalue weighted by Crippen LogP contribution is -2.24. The van der Waals surface area contributed by atoms with Gasteiger partial charge in [-0.2, -0.15) is 0 Å². The first-order valence-electron chi connectivity index (χ1n) is 8.33. The normalized spacial score (nSPS) is 11.2. The van der Waals surface area contributed by atoms with Gasteiger partial charge in [-0.25, -0.2) is 4.98 Å². The summed E-state index contributed by atoms with van der Waals surface area (Å²) in [6.07, 6.45) is 2.96. The van der Waals surface area contributed by atoms with Gasteiger partial charge in [-0.1, -0.05) is 31.2 Å². The summed E-state index contributed by atoms with van der Waals surface area (Å²) in [5, 5.41) is 4.88. The van der Waals surface area contributed by atoms with Crippen LogP contribution >= 0.6 is 11.3 Å². The zero-order valence-electron chi connectivity index (χ0n) is 13.9. The Morgan fingerprint density at radius 1 is 1.24 bits per heavy atom. The third-order valence-electron chi connectivity index (χ3n) is 4.25. The molecule has 2 aromatic carbocycles. The van der Waals surface area contributed by atoms with Gasteiger partial charge in [0.05, 0.1) is 29.4 Å². The molecule has 0 saturated heterocycles. The van der Waals surface area contributed by atoms with Gasteiger partial charge in [0, 0.05) is 10.9 Å². The van der Waals surface area contributed by atoms with Crippen molar-refractivity contribution in [2.75, 3.05) is 0 Å². The predicted molar refractivity (Wildman–Crippen MR) is 101 cm³/mol. The Morgan fingerprint density at radius 2 is 2.12 bits per heavy atom. The maximum atomic E-state index is 12.3. The van der Waals surface area contributed by atoms with E-state index in [-0.39, 0.29) is 5.91 Å². The summed E-state index contributed by atoms with van der Waals surface area (Å²) in [7, 11) is 0. The lowest BCUT2D eigenvalue weighted by Gasteiger charge is -2.02. The Labute approximate surface area is 149 Å². The fourth-order valence-electron chi connectivity index (χ4n) is 2.89. The molecule has 25 heavy (non-hydrogen) atoms. The number of carbonyl (C=O) groups excluding carboxylic acids is 1. The monoisotopic (exact) mass is 350 g/mol. The van der Waals surface area contributed by atoms with E-state index in [9.17, 15) is 4.79 Å². The number of amides is 1. The summed E-state index contributed by atoms with van der Waals surface area (Å²) in [6, 6.07) is 14.2. The molecule has 0 spiro atoms. The average Bonchev–Trinajstić information content (AvgIpc) is 3.23. The number of carbonyl (C=O) groups is 1. The molecule has 0 aliphatic heterocycles. The second-order valence-corrected chi connectivity index (χ2v) is 7.09. The van der Waals surface area contributed by atoms with E-state index >= 15 is 0 Å². The molecule has 4 nitrogen and oxygen atoms in total. The minimum atomic E-state index is -0.0264. The van der Waals surface area contributed by atoms with Crippen molar-refractivity contribution in [2.45, 2.75) is 26.3 Å². The van der Waals surface area contributed by atoms with E-state index in [1.807, 2.05) is 36.4 Å². The molecule has 0 aliphatic carbocycles. The second-order valence-electron chi connectivity index (χ2n) is 5.97. The Morgan fingerprint density at radius 3 is 2.96 bits per heavy atom. The average molecular weight is 350 g/mol. The molecule has 4 aromatic rings. The van der Waals surface area contributed by atoms with Crippen LogP contribution in [0.3, 0.4) is 0 Å². The molecule has 1 amide bonds. The molecule has 5 heteroatoms. The fourth-order valence-corrected chi connectivity index (χ4v) is 3.80. The Hall–Kier alpha value is -2.66. The van der Waals surface area contributed by atoms with Crippen molar-refractivity contribution in [1.82, 2.24) is 10.3 Å². The first kappa shape index (κ1) is 15.8. The molecule has 0 fully saturated rings. The van der Waals surface area contributed by atoms with Gasteiger partial charge in [-0.15, -0.1) is 11.3 Å². The molecule has 126 valence electrons. The molecular formula is C20H18N2O2S. The summed E-state index contributed by atoms with van der Waals surface area (Å²) in [6.45, 7) is 2.56. The maximum absolute atomic E-state index is 12.3. The maximum Gasteiger partial charge on any atom is 0.224 e. The largest absolute Gasteiger partial charge is 0.464 e. The summed E-state index contributed by atoms with van der Waals surface area (Å²) in [4.78, 5) is 16.8. The summed E-state index contributed by atoms with van der Waals surface area (Å²) in [5.41, 5.74) is 3.96. The molecular weight excluding hydrogens is 332 g/mol. The number of hydrogen-bond acceptors (Lipinski definition) is 4. The molecule has 0 aliphatic rings. The van der Waals surface area contributed by atoms with E-state index in [2.05, 4.69) is 23.3 Å². The molecule has 2 heterocycles. The minimum Gasteiger partial charge on any atom is -0.464 e. The number of aromatic nitrogens is 1. The highest BCUT2D eigenvalue weighted by atomic mass is 32.1. The topological polar surface area (TPSA) is 55.1 Å². The van der Waals surface area contributed by atoms with Crippen molar-refractivity contribution in [2.24, 2.45) is 0 Å². The van der Waals surface area contributed by atoms with E-state index in [0.717, 1.165) is 38.2 Å². The Bertz CT molecular complexity index is 1020. The lowest BCUT2D eigenvalue weighted by molar-refractivity contribution is -0.120. The molecule has 0 bridgehead atoms. The Kier molecular flexibility index (Phi) is 4.24. The number of aryl methyl sites for hydroxylation is 1. The summed E-state index contributed by atoms with van der Waals surface area (Å²) in [5.74, 6) is -0.0264. The van der Waals surface area contributed by atoms with Crippen LogP contribution in [0.2, 0.25) is 0 Å². The van der Waals surface area contributed by atoms with Crippen LogP contribution in [0.4, 0.5) is 0 Å². The van der Waals surface area contributed by atoms with E-state index in [0.29, 0.717) is 13.0 Å². The molecule has 0 radical (unpaired) electrons. The highest BCUT2D eigenvalue weighted by Crippen LogP contribution is 2.24. The first-order chi connectivity index (χ1) is 12.2. The molecule has 0 unspecified atom stereocenters. The van der Waals surface area contributed by atoms with Gasteiger partial charge < -0.3 is 9.73 Å². The number of fused-ring (bicyclic) bond motifs is 2. The lowest BCUT2D eigenvalue weighted by atomic mass is 10.1. The van der Waals surface area contributed by atoms with Crippen molar-refractivity contribution in [3.8, 4) is 0 Å². The zero-order valence-corrected chi connectivity index (χ0v) is 14.7. The van der Waals surface area contributed by atoms with Crippen molar-refractivity contribution < 1.29 is 9.21 Å². The van der Waals surface area contributed by atoms with Crippen LogP contribution in [0.25, 0.3) is 21.2 Å². The SMILES string of the molecule is CCc1ccc2c(CC(=O)NCc3nc4ccccc4s3)coc2c1. The smallest absolute Gasteiger partial charge is 0.224 e. The van der Waals surface area contributed by atoms with Crippen LogP contribution in [0.5, 0.6) is 0 Å². The number of para-hydroxylation sites is 1. The van der Waals surface area contributed by atoms with E-state index in [4.69, 9.17) is 4.42 Å². The zero-order chi connectivity index (χ0) is 17.2. The second kappa shape index (κ2) is 6.69. The molecule has 2 aromatic heterocycles. The Balaban J connectivity index is 1.43. The number of benzene rings is 2. The van der Waals surface area contributed by atoms with Crippen LogP contribution < -0.4 is 5.32 Å². The van der Waals surface area contributed by atoms with Crippen molar-refractivity contribution in [3.05, 3.63) is 64.9 Å². The van der Waals surface area contributed by atoms with Gasteiger partial charge in [0.15, 0.2) is 0 Å². The van der Waals surface area contributed by atoms with Gasteiger partial charge in [-0.3, -0.25) is 4.79 Å². The third kappa shape index (κ3) is 3.28. The van der Waals surface area contributed by atoms with Gasteiger partial charge in [0.2, 0.25) is 5.91 Å². The highest BCUT2D eigenvalue weighted by Gasteiger charge is 2.11. The van der Waals surface area contributed by atoms with E-state index in [1.54, 1.807) is 17.6 Å². The van der Waals surface area contributed by atoms with E-state index in [1.165, 1.54) is 5.56 Å². The minimum absolute atomic E-state index is 0.0264. The first-order valence-corrected chi connectivity index (χ1v) is 9.14. The predicted octanol–water partition coefficient (Wildman–Crippen LogP) is 4.46. The van der Waals surface area contributed by atoms with Crippen LogP contribution in [0.1, 0.15) is 23.1 Å². The molecule has 4 rings (SSSR count). The number of rotatable bonds is 5. The van der Waals surface area contributed by atoms with Gasteiger partial charge in [-0.05, 0) is 30.2 Å². The highest BCUT2D eigenvalue weighted by molar-refractivity contribution is 7.18. The number of thiazole rings is 1. The standard InChI is InChI=1S/C20H18N2O2S/c1-2-13-7-8-15-14(12-24-17(15)9-13)10-19(23)21-11-20-22-16-5-3-4-6-18(16)25-20/h3-9,12H,2,10-11H2,1H3,(H,21,23). The van der Waals surface area contributed by atoms with Crippen LogP contribution in [-0.2, 0) is 24.2 Å². The van der Waals surface area contributed by atoms with E-state index < -0.39 is 0 Å². The van der Waals surface area contributed by atoms with Crippen LogP contribution in [0.15, 0.2) is 53.1 Å². The van der Waals surface area contributed by atoms with Crippen molar-refractivity contribution in [3.63, 3.8) is 0 Å². The number of nitrogens with zero attached hydrogens (tertiary/aromatic N) is 1. The van der Waals surface area contributed by atoms with Crippen molar-refractivity contribution >= 4 is 38.4 Å². The number of furan rings is 1. The van der Waals surface area contributed by atoms with Gasteiger partial charge in [0.25, 0.3) is 0 Å². The summed E-state index contributed by atoms with van der Waals surface area (Å²) >= 11 is 1.61. The number of hydrogen-bond donors (Lipinski definition) is 1. The van der Waals surface area contributed by atoms with Gasteiger partial charge >= 0.3 is 0 Å². The molecule has 0 saturated carbocycles. The van der Waals surface area contributed by atoms with Crippen LogP contribution in [0, 0.1) is 0 Å². The van der Waals surface area contributed by atoms with Crippen LogP contribution in [-0.4, -0.2) is 10.9 Å². The van der Waals surface area contributed by atoms with Crippen molar-refractivity contribution in [1.29, 1.82) is 0 Å². The molecule has 1 N–H and O–H groups in total. The molecule has 0 atom stereocenters.